The third-order valence-electron chi connectivity index (χ3n) is 5.06. The van der Waals surface area contributed by atoms with Crippen molar-refractivity contribution in [1.82, 2.24) is 9.97 Å². The molecule has 0 spiro atoms. The van der Waals surface area contributed by atoms with Crippen LogP contribution in [0.15, 0.2) is 95.9 Å². The Hall–Kier alpha value is -4.11. The molecular weight excluding hydrogens is 436 g/mol. The van der Waals surface area contributed by atoms with E-state index in [1.54, 1.807) is 11.0 Å². The maximum absolute atomic E-state index is 13.0. The smallest absolute Gasteiger partial charge is 0.263 e. The lowest BCUT2D eigenvalue weighted by Gasteiger charge is -2.23. The number of rotatable bonds is 7. The van der Waals surface area contributed by atoms with Crippen LogP contribution in [-0.4, -0.2) is 32.5 Å². The van der Waals surface area contributed by atoms with Crippen molar-refractivity contribution in [2.45, 2.75) is 4.90 Å². The van der Waals surface area contributed by atoms with Crippen molar-refractivity contribution >= 4 is 44.7 Å². The normalized spacial score (nSPS) is 11.1. The maximum Gasteiger partial charge on any atom is 0.263 e. The summed E-state index contributed by atoms with van der Waals surface area (Å²) in [4.78, 5) is 12.9. The van der Waals surface area contributed by atoms with Gasteiger partial charge in [-0.15, -0.1) is 0 Å². The van der Waals surface area contributed by atoms with Crippen LogP contribution in [0.3, 0.4) is 0 Å². The van der Waals surface area contributed by atoms with E-state index >= 15 is 0 Å². The van der Waals surface area contributed by atoms with E-state index in [1.807, 2.05) is 79.7 Å². The molecule has 4 rings (SSSR count). The summed E-state index contributed by atoms with van der Waals surface area (Å²) < 4.78 is 28.5. The van der Waals surface area contributed by atoms with Gasteiger partial charge in [-0.05, 0) is 48.5 Å². The molecule has 0 amide bonds. The van der Waals surface area contributed by atoms with Crippen LogP contribution in [0.4, 0.5) is 34.6 Å². The standard InChI is InChI=1S/C24H24N6O2S/c1-29(19-9-5-3-6-10-19)23-17-22(28-33(31,32)21-15-13-18(25)14-16-21)26-24(27-23)30(2)20-11-7-4-8-12-20/h3-17H,25H2,1-2H3,(H,26,27,28). The molecule has 0 fully saturated rings. The van der Waals surface area contributed by atoms with Crippen molar-refractivity contribution < 1.29 is 8.42 Å². The number of aromatic nitrogens is 2. The van der Waals surface area contributed by atoms with E-state index in [1.165, 1.54) is 24.3 Å². The van der Waals surface area contributed by atoms with Gasteiger partial charge in [-0.3, -0.25) is 4.72 Å². The van der Waals surface area contributed by atoms with Gasteiger partial charge in [0, 0.05) is 37.2 Å². The second-order valence-electron chi connectivity index (χ2n) is 7.38. The number of sulfonamides is 1. The molecule has 0 saturated carbocycles. The fraction of sp³-hybridized carbons (Fsp3) is 0.0833. The summed E-state index contributed by atoms with van der Waals surface area (Å²) in [5.41, 5.74) is 7.94. The lowest BCUT2D eigenvalue weighted by molar-refractivity contribution is 0.601. The third-order valence-corrected chi connectivity index (χ3v) is 6.43. The Bertz CT molecular complexity index is 1270. The number of hydrogen-bond donors (Lipinski definition) is 2. The van der Waals surface area contributed by atoms with Crippen LogP contribution in [-0.2, 0) is 10.0 Å². The predicted molar refractivity (Wildman–Crippen MR) is 133 cm³/mol. The molecule has 0 atom stereocenters. The van der Waals surface area contributed by atoms with E-state index in [9.17, 15) is 8.42 Å². The first kappa shape index (κ1) is 22.1. The molecule has 4 aromatic rings. The lowest BCUT2D eigenvalue weighted by Crippen LogP contribution is -2.20. The van der Waals surface area contributed by atoms with Gasteiger partial charge in [0.05, 0.1) is 4.90 Å². The summed E-state index contributed by atoms with van der Waals surface area (Å²) in [5.74, 6) is 1.03. The van der Waals surface area contributed by atoms with Gasteiger partial charge in [-0.2, -0.15) is 9.97 Å². The number of anilines is 6. The van der Waals surface area contributed by atoms with Crippen molar-refractivity contribution in [3.63, 3.8) is 0 Å². The highest BCUT2D eigenvalue weighted by molar-refractivity contribution is 7.92. The predicted octanol–water partition coefficient (Wildman–Crippen LogP) is 4.40. The molecule has 0 aliphatic rings. The molecule has 9 heteroatoms. The minimum Gasteiger partial charge on any atom is -0.399 e. The molecule has 3 N–H and O–H groups in total. The van der Waals surface area contributed by atoms with E-state index < -0.39 is 10.0 Å². The minimum absolute atomic E-state index is 0.0891. The number of para-hydroxylation sites is 2. The average Bonchev–Trinajstić information content (AvgIpc) is 2.84. The second kappa shape index (κ2) is 9.17. The fourth-order valence-corrected chi connectivity index (χ4v) is 4.18. The molecule has 1 heterocycles. The molecule has 0 radical (unpaired) electrons. The van der Waals surface area contributed by atoms with E-state index in [-0.39, 0.29) is 10.7 Å². The van der Waals surface area contributed by atoms with E-state index in [2.05, 4.69) is 14.7 Å². The molecule has 0 bridgehead atoms. The van der Waals surface area contributed by atoms with Crippen LogP contribution in [0.2, 0.25) is 0 Å². The van der Waals surface area contributed by atoms with Gasteiger partial charge in [-0.25, -0.2) is 8.42 Å². The Morgan fingerprint density at radius 2 is 1.30 bits per heavy atom. The molecule has 168 valence electrons. The van der Waals surface area contributed by atoms with E-state index in [4.69, 9.17) is 5.73 Å². The first-order valence-electron chi connectivity index (χ1n) is 10.2. The Kier molecular flexibility index (Phi) is 6.14. The summed E-state index contributed by atoms with van der Waals surface area (Å²) in [7, 11) is -0.185. The zero-order valence-corrected chi connectivity index (χ0v) is 19.1. The number of nitrogens with one attached hydrogen (secondary N) is 1. The number of benzene rings is 3. The van der Waals surface area contributed by atoms with Crippen molar-refractivity contribution in [3.05, 3.63) is 91.0 Å². The zero-order valence-electron chi connectivity index (χ0n) is 18.3. The quantitative estimate of drug-likeness (QED) is 0.394. The minimum atomic E-state index is -3.88. The molecule has 0 aliphatic heterocycles. The van der Waals surface area contributed by atoms with Crippen molar-refractivity contribution in [2.75, 3.05) is 34.4 Å². The Balaban J connectivity index is 1.76. The monoisotopic (exact) mass is 460 g/mol. The van der Waals surface area contributed by atoms with Crippen LogP contribution in [0.1, 0.15) is 0 Å². The largest absolute Gasteiger partial charge is 0.399 e. The van der Waals surface area contributed by atoms with Crippen molar-refractivity contribution in [3.8, 4) is 0 Å². The van der Waals surface area contributed by atoms with Crippen LogP contribution in [0.25, 0.3) is 0 Å². The van der Waals surface area contributed by atoms with Crippen LogP contribution in [0.5, 0.6) is 0 Å². The van der Waals surface area contributed by atoms with Gasteiger partial charge < -0.3 is 15.5 Å². The topological polar surface area (TPSA) is 104 Å². The number of hydrogen-bond acceptors (Lipinski definition) is 7. The molecular formula is C24H24N6O2S. The fourth-order valence-electron chi connectivity index (χ4n) is 3.19. The Morgan fingerprint density at radius 3 is 1.88 bits per heavy atom. The highest BCUT2D eigenvalue weighted by atomic mass is 32.2. The summed E-state index contributed by atoms with van der Waals surface area (Å²) in [6.45, 7) is 0. The first-order chi connectivity index (χ1) is 15.8. The summed E-state index contributed by atoms with van der Waals surface area (Å²) >= 11 is 0. The van der Waals surface area contributed by atoms with Gasteiger partial charge in [0.25, 0.3) is 10.0 Å². The van der Waals surface area contributed by atoms with Crippen LogP contribution >= 0.6 is 0 Å². The molecule has 0 saturated heterocycles. The van der Waals surface area contributed by atoms with Crippen molar-refractivity contribution in [2.24, 2.45) is 0 Å². The van der Waals surface area contributed by atoms with E-state index in [0.29, 0.717) is 17.5 Å². The Labute approximate surface area is 193 Å². The molecule has 1 aromatic heterocycles. The summed E-state index contributed by atoms with van der Waals surface area (Å²) in [6.07, 6.45) is 0. The second-order valence-corrected chi connectivity index (χ2v) is 9.06. The highest BCUT2D eigenvalue weighted by Gasteiger charge is 2.19. The summed E-state index contributed by atoms with van der Waals surface area (Å²) in [5, 5.41) is 0. The molecule has 33 heavy (non-hydrogen) atoms. The average molecular weight is 461 g/mol. The lowest BCUT2D eigenvalue weighted by atomic mass is 10.3. The number of nitrogen functional groups attached to an aromatic ring is 1. The number of nitrogens with two attached hydrogens (primary N) is 1. The highest BCUT2D eigenvalue weighted by Crippen LogP contribution is 2.29. The Morgan fingerprint density at radius 1 is 0.758 bits per heavy atom. The summed E-state index contributed by atoms with van der Waals surface area (Å²) in [6, 6.07) is 26.9. The zero-order chi connectivity index (χ0) is 23.4. The van der Waals surface area contributed by atoms with Gasteiger partial charge >= 0.3 is 0 Å². The molecule has 0 unspecified atom stereocenters. The van der Waals surface area contributed by atoms with Gasteiger partial charge in [0.2, 0.25) is 5.95 Å². The maximum atomic E-state index is 13.0. The third kappa shape index (κ3) is 5.04. The van der Waals surface area contributed by atoms with Crippen molar-refractivity contribution in [1.29, 1.82) is 0 Å². The van der Waals surface area contributed by atoms with Gasteiger partial charge in [0.15, 0.2) is 0 Å². The van der Waals surface area contributed by atoms with Crippen LogP contribution in [0, 0.1) is 0 Å². The van der Waals surface area contributed by atoms with Crippen LogP contribution < -0.4 is 20.3 Å². The number of nitrogens with zero attached hydrogens (tertiary/aromatic N) is 4. The molecule has 3 aromatic carbocycles. The first-order valence-corrected chi connectivity index (χ1v) is 11.7. The SMILES string of the molecule is CN(c1ccccc1)c1cc(NS(=O)(=O)c2ccc(N)cc2)nc(N(C)c2ccccc2)n1. The molecule has 8 nitrogen and oxygen atoms in total. The van der Waals surface area contributed by atoms with Gasteiger partial charge in [0.1, 0.15) is 11.6 Å². The molecule has 0 aliphatic carbocycles. The van der Waals surface area contributed by atoms with E-state index in [0.717, 1.165) is 11.4 Å². The van der Waals surface area contributed by atoms with Gasteiger partial charge in [-0.1, -0.05) is 36.4 Å².